The molecule has 6 nitrogen and oxygen atoms in total. The maximum atomic E-state index is 12.2. The molecule has 0 aliphatic rings. The summed E-state index contributed by atoms with van der Waals surface area (Å²) in [5.74, 6) is 0.450. The van der Waals surface area contributed by atoms with Crippen LogP contribution in [0.5, 0.6) is 0 Å². The van der Waals surface area contributed by atoms with E-state index in [1.807, 2.05) is 17.5 Å². The molecule has 116 valence electrons. The lowest BCUT2D eigenvalue weighted by Gasteiger charge is -2.03. The summed E-state index contributed by atoms with van der Waals surface area (Å²) in [7, 11) is 0. The first kappa shape index (κ1) is 15.1. The number of H-pyrrole nitrogens is 1. The van der Waals surface area contributed by atoms with E-state index in [1.165, 1.54) is 11.3 Å². The highest BCUT2D eigenvalue weighted by Gasteiger charge is 2.18. The number of thiophene rings is 1. The number of carbonyl (C=O) groups is 1. The number of nitrogens with zero attached hydrogens (tertiary/aromatic N) is 3. The van der Waals surface area contributed by atoms with Gasteiger partial charge in [-0.3, -0.25) is 10.1 Å². The smallest absolute Gasteiger partial charge is 0.342 e. The molecule has 0 radical (unpaired) electrons. The molecule has 0 aromatic carbocycles. The van der Waals surface area contributed by atoms with E-state index in [2.05, 4.69) is 20.2 Å². The monoisotopic (exact) mass is 326 g/mol. The molecule has 0 bridgehead atoms. The number of aromatic amines is 1. The Morgan fingerprint density at radius 1 is 1.35 bits per heavy atom. The van der Waals surface area contributed by atoms with Gasteiger partial charge in [0.05, 0.1) is 6.61 Å². The van der Waals surface area contributed by atoms with E-state index in [-0.39, 0.29) is 0 Å². The van der Waals surface area contributed by atoms with Crippen LogP contribution in [0.2, 0.25) is 0 Å². The minimum atomic E-state index is -0.432. The van der Waals surface area contributed by atoms with Crippen LogP contribution in [0, 0.1) is 0 Å². The molecular weight excluding hydrogens is 312 g/mol. The van der Waals surface area contributed by atoms with Gasteiger partial charge < -0.3 is 4.74 Å². The van der Waals surface area contributed by atoms with Crippen molar-refractivity contribution in [2.75, 3.05) is 6.61 Å². The van der Waals surface area contributed by atoms with Gasteiger partial charge in [0.15, 0.2) is 11.6 Å². The summed E-state index contributed by atoms with van der Waals surface area (Å²) in [4.78, 5) is 21.5. The second-order valence-corrected chi connectivity index (χ2v) is 5.52. The third-order valence-corrected chi connectivity index (χ3v) is 3.82. The molecule has 0 amide bonds. The van der Waals surface area contributed by atoms with Crippen molar-refractivity contribution >= 4 is 29.0 Å². The van der Waals surface area contributed by atoms with Crippen LogP contribution in [0.1, 0.15) is 17.6 Å². The molecule has 0 unspecified atom stereocenters. The number of rotatable bonds is 5. The first-order valence-electron chi connectivity index (χ1n) is 7.03. The fourth-order valence-electron chi connectivity index (χ4n) is 1.96. The van der Waals surface area contributed by atoms with E-state index < -0.39 is 5.97 Å². The molecule has 3 heterocycles. The SMILES string of the molecule is CCOC(=O)C(=Cc1cccs1)c1nc(-c2ccncc2)n[nH]1. The van der Waals surface area contributed by atoms with Crippen LogP contribution in [-0.2, 0) is 9.53 Å². The Balaban J connectivity index is 1.97. The average Bonchev–Trinajstić information content (AvgIpc) is 3.25. The Labute approximate surface area is 136 Å². The molecule has 0 aliphatic carbocycles. The molecule has 0 aliphatic heterocycles. The average molecular weight is 326 g/mol. The zero-order valence-electron chi connectivity index (χ0n) is 12.4. The van der Waals surface area contributed by atoms with Gasteiger partial charge >= 0.3 is 5.97 Å². The topological polar surface area (TPSA) is 80.8 Å². The van der Waals surface area contributed by atoms with Gasteiger partial charge in [0, 0.05) is 22.8 Å². The van der Waals surface area contributed by atoms with Crippen molar-refractivity contribution in [3.8, 4) is 11.4 Å². The van der Waals surface area contributed by atoms with Gasteiger partial charge in [-0.25, -0.2) is 9.78 Å². The Morgan fingerprint density at radius 2 is 2.17 bits per heavy atom. The fraction of sp³-hybridized carbons (Fsp3) is 0.125. The molecule has 0 saturated carbocycles. The lowest BCUT2D eigenvalue weighted by Crippen LogP contribution is -2.08. The van der Waals surface area contributed by atoms with Crippen molar-refractivity contribution in [2.45, 2.75) is 6.92 Å². The lowest BCUT2D eigenvalue weighted by molar-refractivity contribution is -0.136. The molecule has 23 heavy (non-hydrogen) atoms. The predicted octanol–water partition coefficient (Wildman–Crippen LogP) is 3.03. The maximum Gasteiger partial charge on any atom is 0.342 e. The maximum absolute atomic E-state index is 12.2. The Kier molecular flexibility index (Phi) is 4.58. The third kappa shape index (κ3) is 3.51. The van der Waals surface area contributed by atoms with Gasteiger partial charge in [0.1, 0.15) is 5.57 Å². The number of nitrogens with one attached hydrogen (secondary N) is 1. The van der Waals surface area contributed by atoms with Gasteiger partial charge in [-0.15, -0.1) is 11.3 Å². The van der Waals surface area contributed by atoms with E-state index in [9.17, 15) is 4.79 Å². The van der Waals surface area contributed by atoms with E-state index >= 15 is 0 Å². The van der Waals surface area contributed by atoms with E-state index in [1.54, 1.807) is 37.5 Å². The summed E-state index contributed by atoms with van der Waals surface area (Å²) >= 11 is 1.53. The van der Waals surface area contributed by atoms with Gasteiger partial charge in [-0.2, -0.15) is 5.10 Å². The number of aromatic nitrogens is 4. The van der Waals surface area contributed by atoms with Crippen LogP contribution in [0.25, 0.3) is 23.0 Å². The molecule has 3 aromatic rings. The fourth-order valence-corrected chi connectivity index (χ4v) is 2.62. The number of carbonyl (C=O) groups excluding carboxylic acids is 1. The van der Waals surface area contributed by atoms with Crippen molar-refractivity contribution in [1.29, 1.82) is 0 Å². The number of hydrogen-bond acceptors (Lipinski definition) is 6. The molecule has 1 N–H and O–H groups in total. The van der Waals surface area contributed by atoms with Crippen LogP contribution >= 0.6 is 11.3 Å². The number of esters is 1. The number of pyridine rings is 1. The van der Waals surface area contributed by atoms with Crippen molar-refractivity contribution in [3.05, 3.63) is 52.7 Å². The Hall–Kier alpha value is -2.80. The molecule has 0 spiro atoms. The number of hydrogen-bond donors (Lipinski definition) is 1. The van der Waals surface area contributed by atoms with E-state index in [0.717, 1.165) is 10.4 Å². The van der Waals surface area contributed by atoms with Crippen LogP contribution < -0.4 is 0 Å². The van der Waals surface area contributed by atoms with Crippen LogP contribution in [0.15, 0.2) is 42.0 Å². The Morgan fingerprint density at radius 3 is 2.87 bits per heavy atom. The summed E-state index contributed by atoms with van der Waals surface area (Å²) in [6.45, 7) is 2.06. The van der Waals surface area contributed by atoms with Crippen LogP contribution in [-0.4, -0.2) is 32.7 Å². The molecule has 3 rings (SSSR count). The summed E-state index contributed by atoms with van der Waals surface area (Å²) in [6, 6.07) is 7.45. The first-order valence-corrected chi connectivity index (χ1v) is 7.91. The minimum Gasteiger partial charge on any atom is -0.462 e. The quantitative estimate of drug-likeness (QED) is 0.576. The zero-order valence-corrected chi connectivity index (χ0v) is 13.2. The summed E-state index contributed by atoms with van der Waals surface area (Å²) in [5.41, 5.74) is 1.17. The highest BCUT2D eigenvalue weighted by molar-refractivity contribution is 7.10. The molecular formula is C16H14N4O2S. The van der Waals surface area contributed by atoms with Crippen molar-refractivity contribution < 1.29 is 9.53 Å². The van der Waals surface area contributed by atoms with E-state index in [4.69, 9.17) is 4.74 Å². The minimum absolute atomic E-state index is 0.298. The molecule has 7 heteroatoms. The predicted molar refractivity (Wildman–Crippen MR) is 88.4 cm³/mol. The zero-order chi connectivity index (χ0) is 16.1. The second kappa shape index (κ2) is 6.97. The standard InChI is InChI=1S/C16H14N4O2S/c1-2-22-16(21)13(10-12-4-3-9-23-12)15-18-14(19-20-15)11-5-7-17-8-6-11/h3-10H,2H2,1H3,(H,18,19,20). The van der Waals surface area contributed by atoms with Crippen molar-refractivity contribution in [1.82, 2.24) is 20.2 Å². The summed E-state index contributed by atoms with van der Waals surface area (Å²) < 4.78 is 5.12. The number of ether oxygens (including phenoxy) is 1. The van der Waals surface area contributed by atoms with Crippen LogP contribution in [0.4, 0.5) is 0 Å². The lowest BCUT2D eigenvalue weighted by atomic mass is 10.2. The van der Waals surface area contributed by atoms with E-state index in [0.29, 0.717) is 23.8 Å². The summed E-state index contributed by atoms with van der Waals surface area (Å²) in [6.07, 6.45) is 5.08. The normalized spacial score (nSPS) is 11.4. The first-order chi connectivity index (χ1) is 11.3. The van der Waals surface area contributed by atoms with Crippen molar-refractivity contribution in [3.63, 3.8) is 0 Å². The highest BCUT2D eigenvalue weighted by atomic mass is 32.1. The van der Waals surface area contributed by atoms with Gasteiger partial charge in [-0.05, 0) is 36.6 Å². The molecule has 3 aromatic heterocycles. The van der Waals surface area contributed by atoms with Gasteiger partial charge in [-0.1, -0.05) is 6.07 Å². The molecule has 0 fully saturated rings. The Bertz CT molecular complexity index is 810. The van der Waals surface area contributed by atoms with Gasteiger partial charge in [0.2, 0.25) is 0 Å². The summed E-state index contributed by atoms with van der Waals surface area (Å²) in [5, 5.41) is 8.92. The molecule has 0 atom stereocenters. The largest absolute Gasteiger partial charge is 0.462 e. The van der Waals surface area contributed by atoms with Gasteiger partial charge in [0.25, 0.3) is 0 Å². The highest BCUT2D eigenvalue weighted by Crippen LogP contribution is 2.22. The second-order valence-electron chi connectivity index (χ2n) is 4.54. The van der Waals surface area contributed by atoms with Crippen molar-refractivity contribution in [2.24, 2.45) is 0 Å². The van der Waals surface area contributed by atoms with Crippen LogP contribution in [0.3, 0.4) is 0 Å². The third-order valence-electron chi connectivity index (χ3n) is 3.00. The molecule has 0 saturated heterocycles.